The molecule has 0 saturated carbocycles. The third-order valence-corrected chi connectivity index (χ3v) is 2.82. The summed E-state index contributed by atoms with van der Waals surface area (Å²) in [6, 6.07) is 6.10. The van der Waals surface area contributed by atoms with Crippen molar-refractivity contribution in [1.29, 1.82) is 0 Å². The number of halogens is 1. The Labute approximate surface area is 104 Å². The normalized spacial score (nSPS) is 11.6. The van der Waals surface area contributed by atoms with E-state index in [9.17, 15) is 0 Å². The fourth-order valence-electron chi connectivity index (χ4n) is 1.48. The highest BCUT2D eigenvalue weighted by Gasteiger charge is 2.11. The number of rotatable bonds is 4. The Morgan fingerprint density at radius 3 is 2.50 bits per heavy atom. The number of hydrogen-bond donors (Lipinski definition) is 0. The lowest BCUT2D eigenvalue weighted by molar-refractivity contribution is 0.240. The first-order valence-electron chi connectivity index (χ1n) is 5.71. The van der Waals surface area contributed by atoms with E-state index in [-0.39, 0.29) is 0 Å². The molecule has 0 aliphatic carbocycles. The van der Waals surface area contributed by atoms with Crippen molar-refractivity contribution < 1.29 is 4.74 Å². The van der Waals surface area contributed by atoms with Gasteiger partial charge in [0.1, 0.15) is 5.75 Å². The van der Waals surface area contributed by atoms with E-state index >= 15 is 0 Å². The molecule has 0 aliphatic rings. The smallest absolute Gasteiger partial charge is 0.126 e. The number of alkyl halides is 1. The summed E-state index contributed by atoms with van der Waals surface area (Å²) in [6.45, 7) is 9.46. The Kier molecular flexibility index (Phi) is 4.67. The van der Waals surface area contributed by atoms with Gasteiger partial charge in [-0.3, -0.25) is 0 Å². The molecule has 0 amide bonds. The third-order valence-electron chi connectivity index (χ3n) is 2.54. The van der Waals surface area contributed by atoms with E-state index < -0.39 is 0 Å². The van der Waals surface area contributed by atoms with E-state index in [1.165, 1.54) is 0 Å². The third kappa shape index (κ3) is 4.05. The highest BCUT2D eigenvalue weighted by molar-refractivity contribution is 6.17. The predicted molar refractivity (Wildman–Crippen MR) is 70.3 cm³/mol. The Hall–Kier alpha value is -0.690. The van der Waals surface area contributed by atoms with Gasteiger partial charge in [-0.05, 0) is 24.3 Å². The summed E-state index contributed by atoms with van der Waals surface area (Å²) < 4.78 is 5.85. The van der Waals surface area contributed by atoms with Crippen molar-refractivity contribution in [3.63, 3.8) is 0 Å². The quantitative estimate of drug-likeness (QED) is 0.702. The van der Waals surface area contributed by atoms with E-state index in [4.69, 9.17) is 16.3 Å². The van der Waals surface area contributed by atoms with Gasteiger partial charge in [0.05, 0.1) is 12.5 Å². The van der Waals surface area contributed by atoms with Crippen molar-refractivity contribution in [2.75, 3.05) is 6.61 Å². The van der Waals surface area contributed by atoms with Gasteiger partial charge in [0.25, 0.3) is 0 Å². The van der Waals surface area contributed by atoms with Crippen LogP contribution in [0, 0.1) is 12.3 Å². The molecule has 0 spiro atoms. The second kappa shape index (κ2) is 5.58. The minimum atomic E-state index is 0.309. The molecule has 1 aromatic carbocycles. The van der Waals surface area contributed by atoms with Crippen molar-refractivity contribution in [2.45, 2.75) is 40.0 Å². The lowest BCUT2D eigenvalue weighted by atomic mass is 9.93. The summed E-state index contributed by atoms with van der Waals surface area (Å²) in [5.74, 6) is 1.47. The number of para-hydroxylation sites is 1. The summed E-state index contributed by atoms with van der Waals surface area (Å²) >= 11 is 5.89. The van der Waals surface area contributed by atoms with Crippen molar-refractivity contribution >= 4 is 11.6 Å². The van der Waals surface area contributed by atoms with Crippen LogP contribution in [0.25, 0.3) is 0 Å². The first-order valence-corrected chi connectivity index (χ1v) is 6.25. The first-order chi connectivity index (χ1) is 7.44. The molecular weight excluding hydrogens is 220 g/mol. The molecule has 0 saturated heterocycles. The number of benzene rings is 1. The zero-order chi connectivity index (χ0) is 12.2. The molecule has 0 aliphatic heterocycles. The van der Waals surface area contributed by atoms with Crippen LogP contribution >= 0.6 is 11.6 Å². The van der Waals surface area contributed by atoms with E-state index in [2.05, 4.69) is 33.8 Å². The van der Waals surface area contributed by atoms with Crippen LogP contribution in [0.4, 0.5) is 0 Å². The number of aryl methyl sites for hydroxylation is 1. The van der Waals surface area contributed by atoms with Crippen LogP contribution in [0.15, 0.2) is 18.2 Å². The molecule has 0 radical (unpaired) electrons. The molecule has 1 nitrogen and oxygen atoms in total. The van der Waals surface area contributed by atoms with Gasteiger partial charge in [-0.1, -0.05) is 39.0 Å². The highest BCUT2D eigenvalue weighted by Crippen LogP contribution is 2.26. The molecule has 0 N–H and O–H groups in total. The van der Waals surface area contributed by atoms with Gasteiger partial charge in [0.15, 0.2) is 0 Å². The topological polar surface area (TPSA) is 9.23 Å². The van der Waals surface area contributed by atoms with E-state index in [1.807, 2.05) is 12.1 Å². The molecular formula is C14H21ClO. The Morgan fingerprint density at radius 2 is 1.94 bits per heavy atom. The minimum Gasteiger partial charge on any atom is -0.493 e. The fourth-order valence-corrected chi connectivity index (χ4v) is 1.69. The zero-order valence-electron chi connectivity index (χ0n) is 10.6. The van der Waals surface area contributed by atoms with Gasteiger partial charge in [0.2, 0.25) is 0 Å². The van der Waals surface area contributed by atoms with Gasteiger partial charge in [0, 0.05) is 5.56 Å². The maximum atomic E-state index is 5.89. The maximum absolute atomic E-state index is 5.89. The van der Waals surface area contributed by atoms with Gasteiger partial charge < -0.3 is 4.74 Å². The minimum absolute atomic E-state index is 0.309. The van der Waals surface area contributed by atoms with Crippen LogP contribution in [0.1, 0.15) is 38.3 Å². The van der Waals surface area contributed by atoms with Crippen molar-refractivity contribution in [1.82, 2.24) is 0 Å². The molecule has 0 heterocycles. The van der Waals surface area contributed by atoms with E-state index in [1.54, 1.807) is 0 Å². The second-order valence-corrected chi connectivity index (χ2v) is 5.62. The Morgan fingerprint density at radius 1 is 1.25 bits per heavy atom. The molecule has 1 rings (SSSR count). The van der Waals surface area contributed by atoms with Crippen molar-refractivity contribution in [2.24, 2.45) is 5.41 Å². The van der Waals surface area contributed by atoms with E-state index in [0.717, 1.165) is 29.9 Å². The molecule has 16 heavy (non-hydrogen) atoms. The summed E-state index contributed by atoms with van der Waals surface area (Å²) in [7, 11) is 0. The molecule has 0 atom stereocenters. The van der Waals surface area contributed by atoms with Crippen molar-refractivity contribution in [3.8, 4) is 5.75 Å². The molecule has 0 unspecified atom stereocenters. The fraction of sp³-hybridized carbons (Fsp3) is 0.571. The summed E-state index contributed by atoms with van der Waals surface area (Å²) in [4.78, 5) is 0. The number of ether oxygens (including phenoxy) is 1. The molecule has 1 aromatic rings. The van der Waals surface area contributed by atoms with E-state index in [0.29, 0.717) is 11.3 Å². The lowest BCUT2D eigenvalue weighted by Crippen LogP contribution is -2.12. The largest absolute Gasteiger partial charge is 0.493 e. The number of hydrogen-bond acceptors (Lipinski definition) is 1. The standard InChI is InChI=1S/C14H21ClO/c1-11-6-5-7-12(10-15)13(11)16-9-8-14(2,3)4/h5-7H,8-10H2,1-4H3. The SMILES string of the molecule is Cc1cccc(CCl)c1OCCC(C)(C)C. The molecule has 90 valence electrons. The predicted octanol–water partition coefficient (Wildman–Crippen LogP) is 4.55. The van der Waals surface area contributed by atoms with Crippen molar-refractivity contribution in [3.05, 3.63) is 29.3 Å². The van der Waals surface area contributed by atoms with Crippen LogP contribution in [-0.2, 0) is 5.88 Å². The van der Waals surface area contributed by atoms with Crippen LogP contribution in [-0.4, -0.2) is 6.61 Å². The Bertz CT molecular complexity index is 339. The van der Waals surface area contributed by atoms with Gasteiger partial charge in [-0.25, -0.2) is 0 Å². The van der Waals surface area contributed by atoms with Crippen LogP contribution in [0.5, 0.6) is 5.75 Å². The average Bonchev–Trinajstić information content (AvgIpc) is 2.18. The monoisotopic (exact) mass is 240 g/mol. The molecule has 0 bridgehead atoms. The zero-order valence-corrected chi connectivity index (χ0v) is 11.4. The molecule has 0 aromatic heterocycles. The average molecular weight is 241 g/mol. The Balaban J connectivity index is 2.66. The van der Waals surface area contributed by atoms with Crippen LogP contribution in [0.2, 0.25) is 0 Å². The lowest BCUT2D eigenvalue weighted by Gasteiger charge is -2.19. The molecule has 2 heteroatoms. The first kappa shape index (κ1) is 13.4. The maximum Gasteiger partial charge on any atom is 0.126 e. The van der Waals surface area contributed by atoms with Crippen LogP contribution in [0.3, 0.4) is 0 Å². The van der Waals surface area contributed by atoms with Gasteiger partial charge in [-0.15, -0.1) is 11.6 Å². The second-order valence-electron chi connectivity index (χ2n) is 5.36. The summed E-state index contributed by atoms with van der Waals surface area (Å²) in [5.41, 5.74) is 2.55. The molecule has 0 fully saturated rings. The van der Waals surface area contributed by atoms with Gasteiger partial charge in [-0.2, -0.15) is 0 Å². The van der Waals surface area contributed by atoms with Gasteiger partial charge >= 0.3 is 0 Å². The highest BCUT2D eigenvalue weighted by atomic mass is 35.5. The summed E-state index contributed by atoms with van der Waals surface area (Å²) in [5, 5.41) is 0. The van der Waals surface area contributed by atoms with Crippen LogP contribution < -0.4 is 4.74 Å². The summed E-state index contributed by atoms with van der Waals surface area (Å²) in [6.07, 6.45) is 1.04.